The number of anilines is 2. The van der Waals surface area contributed by atoms with Crippen LogP contribution in [0.15, 0.2) is 182 Å². The molecule has 6 aromatic rings. The van der Waals surface area contributed by atoms with Crippen LogP contribution in [0.3, 0.4) is 0 Å². The van der Waals surface area contributed by atoms with Crippen molar-refractivity contribution in [2.75, 3.05) is 9.80 Å². The van der Waals surface area contributed by atoms with E-state index in [1.807, 2.05) is 0 Å². The number of para-hydroxylation sites is 6. The standard InChI is InChI=1S/C40H30N4O8P2/c45-37-41(31-19-7-1-8-20-31)39(47)53(49-33-23-11-3-12-24-33,50-34-25-13-4-14-26-34)43(37)54(51-35-27-15-5-16-28-35,52-36-29-17-6-18-30-36)40(48)42(38(46)44(53)54)32-21-9-2-10-22-32/h1-30H. The number of nitrogens with zero attached hydrogens (tertiary/aromatic N) is 4. The van der Waals surface area contributed by atoms with Gasteiger partial charge >= 0.3 is 310 Å². The van der Waals surface area contributed by atoms with E-state index >= 15 is 19.2 Å². The summed E-state index contributed by atoms with van der Waals surface area (Å²) in [5.41, 5.74) is -1.80. The Morgan fingerprint density at radius 1 is 0.315 bits per heavy atom. The molecule has 3 heterocycles. The SMILES string of the molecule is O=C1N(c2ccccc2)C(=O)P2(Oc3ccccc3)(Oc3ccccc3)N1P1(Oc3ccccc3)(Oc3ccccc3)C(=O)N(c3ccccc3)C(=O)N21. The molecule has 3 saturated heterocycles. The zero-order chi connectivity index (χ0) is 37.0. The molecule has 9 rings (SSSR count). The molecule has 268 valence electrons. The molecular weight excluding hydrogens is 726 g/mol. The maximum atomic E-state index is 15.9. The Labute approximate surface area is 309 Å². The molecule has 3 aliphatic heterocycles. The number of benzene rings is 6. The number of fused-ring (bicyclic) bond motifs is 4. The predicted octanol–water partition coefficient (Wildman–Crippen LogP) is 10.9. The van der Waals surface area contributed by atoms with E-state index in [-0.39, 0.29) is 34.4 Å². The minimum atomic E-state index is -6.07. The monoisotopic (exact) mass is 756 g/mol. The van der Waals surface area contributed by atoms with Gasteiger partial charge in [0.05, 0.1) is 0 Å². The fourth-order valence-corrected chi connectivity index (χ4v) is 20.4. The maximum absolute atomic E-state index is 15.9. The van der Waals surface area contributed by atoms with Crippen molar-refractivity contribution in [3.8, 4) is 23.0 Å². The Hall–Kier alpha value is -6.74. The molecule has 0 aromatic heterocycles. The van der Waals surface area contributed by atoms with Crippen LogP contribution in [-0.4, -0.2) is 32.2 Å². The van der Waals surface area contributed by atoms with Crippen molar-refractivity contribution in [3.05, 3.63) is 182 Å². The van der Waals surface area contributed by atoms with E-state index in [9.17, 15) is 0 Å². The zero-order valence-electron chi connectivity index (χ0n) is 28.3. The van der Waals surface area contributed by atoms with Gasteiger partial charge in [-0.05, 0) is 0 Å². The van der Waals surface area contributed by atoms with Gasteiger partial charge in [-0.1, -0.05) is 0 Å². The molecule has 6 aromatic carbocycles. The van der Waals surface area contributed by atoms with Gasteiger partial charge in [0.25, 0.3) is 0 Å². The summed E-state index contributed by atoms with van der Waals surface area (Å²) in [4.78, 5) is 64.9. The van der Waals surface area contributed by atoms with Crippen LogP contribution in [0.1, 0.15) is 0 Å². The van der Waals surface area contributed by atoms with Crippen LogP contribution in [-0.2, 0) is 0 Å². The summed E-state index contributed by atoms with van der Waals surface area (Å²) in [5.74, 6) is 0.283. The Bertz CT molecular complexity index is 2160. The van der Waals surface area contributed by atoms with E-state index in [0.29, 0.717) is 0 Å². The second-order valence-electron chi connectivity index (χ2n) is 12.4. The predicted molar refractivity (Wildman–Crippen MR) is 205 cm³/mol. The Balaban J connectivity index is 1.45. The van der Waals surface area contributed by atoms with Crippen molar-refractivity contribution in [2.24, 2.45) is 0 Å². The van der Waals surface area contributed by atoms with E-state index < -0.39 is 38.1 Å². The van der Waals surface area contributed by atoms with Crippen LogP contribution >= 0.6 is 14.7 Å². The molecule has 0 aliphatic carbocycles. The van der Waals surface area contributed by atoms with Gasteiger partial charge in [-0.25, -0.2) is 0 Å². The van der Waals surface area contributed by atoms with Crippen LogP contribution in [0.5, 0.6) is 23.0 Å². The van der Waals surface area contributed by atoms with Gasteiger partial charge in [-0.15, -0.1) is 0 Å². The van der Waals surface area contributed by atoms with Gasteiger partial charge in [-0.3, -0.25) is 0 Å². The molecule has 12 nitrogen and oxygen atoms in total. The van der Waals surface area contributed by atoms with Gasteiger partial charge in [0.2, 0.25) is 0 Å². The second-order valence-corrected chi connectivity index (χ2v) is 19.6. The summed E-state index contributed by atoms with van der Waals surface area (Å²) in [6, 6.07) is 47.0. The molecule has 6 amide bonds. The van der Waals surface area contributed by atoms with Crippen molar-refractivity contribution in [3.63, 3.8) is 0 Å². The average molecular weight is 757 g/mol. The third-order valence-corrected chi connectivity index (χ3v) is 20.2. The van der Waals surface area contributed by atoms with E-state index in [1.54, 1.807) is 182 Å². The molecule has 0 N–H and O–H groups in total. The molecule has 54 heavy (non-hydrogen) atoms. The Morgan fingerprint density at radius 3 is 0.778 bits per heavy atom. The van der Waals surface area contributed by atoms with Crippen LogP contribution in [0.2, 0.25) is 0 Å². The van der Waals surface area contributed by atoms with Crippen molar-refractivity contribution in [1.82, 2.24) is 8.88 Å². The third kappa shape index (κ3) is 4.20. The van der Waals surface area contributed by atoms with Gasteiger partial charge in [0, 0.05) is 0 Å². The number of carbonyl (C=O) groups excluding carboxylic acids is 4. The first-order chi connectivity index (χ1) is 26.3. The summed E-state index contributed by atoms with van der Waals surface area (Å²) >= 11 is 0. The number of amides is 6. The van der Waals surface area contributed by atoms with Crippen LogP contribution < -0.4 is 27.9 Å². The first-order valence-corrected chi connectivity index (χ1v) is 20.8. The van der Waals surface area contributed by atoms with E-state index in [4.69, 9.17) is 18.1 Å². The summed E-state index contributed by atoms with van der Waals surface area (Å²) in [6.07, 6.45) is 0. The average Bonchev–Trinajstić information content (AvgIpc) is 3.48. The topological polar surface area (TPSA) is 118 Å². The third-order valence-electron chi connectivity index (χ3n) is 9.18. The number of carbonyl (C=O) groups is 4. The quantitative estimate of drug-likeness (QED) is 0.127. The summed E-state index contributed by atoms with van der Waals surface area (Å²) < 4.78 is 29.7. The molecule has 0 bridgehead atoms. The second kappa shape index (κ2) is 11.9. The number of hydrogen-bond acceptors (Lipinski definition) is 8. The normalized spacial score (nSPS) is 19.9. The Kier molecular flexibility index (Phi) is 7.29. The van der Waals surface area contributed by atoms with Crippen LogP contribution in [0.4, 0.5) is 30.6 Å². The molecule has 3 aliphatic rings. The van der Waals surface area contributed by atoms with Crippen molar-refractivity contribution >= 4 is 49.5 Å². The number of imide groups is 2. The fraction of sp³-hybridized carbons (Fsp3) is 0. The number of urea groups is 2. The minimum absolute atomic E-state index is 0.0706. The van der Waals surface area contributed by atoms with Crippen molar-refractivity contribution < 1.29 is 37.3 Å². The van der Waals surface area contributed by atoms with Crippen LogP contribution in [0.25, 0.3) is 0 Å². The summed E-state index contributed by atoms with van der Waals surface area (Å²) in [5, 5.41) is 0. The fourth-order valence-electron chi connectivity index (χ4n) is 7.08. The van der Waals surface area contributed by atoms with Gasteiger partial charge < -0.3 is 0 Å². The molecule has 0 atom stereocenters. The molecular formula is C40H30N4O8P2. The molecule has 14 heteroatoms. The van der Waals surface area contributed by atoms with E-state index in [2.05, 4.69) is 0 Å². The van der Waals surface area contributed by atoms with Gasteiger partial charge in [0.1, 0.15) is 0 Å². The summed E-state index contributed by atoms with van der Waals surface area (Å²) in [6.45, 7) is 0. The van der Waals surface area contributed by atoms with Crippen molar-refractivity contribution in [1.29, 1.82) is 0 Å². The Morgan fingerprint density at radius 2 is 0.537 bits per heavy atom. The van der Waals surface area contributed by atoms with E-state index in [0.717, 1.165) is 18.7 Å². The van der Waals surface area contributed by atoms with Gasteiger partial charge in [-0.2, -0.15) is 0 Å². The first-order valence-electron chi connectivity index (χ1n) is 16.9. The van der Waals surface area contributed by atoms with E-state index in [1.165, 1.54) is 0 Å². The summed E-state index contributed by atoms with van der Waals surface area (Å²) in [7, 11) is -12.1. The van der Waals surface area contributed by atoms with Gasteiger partial charge in [0.15, 0.2) is 0 Å². The molecule has 0 saturated carbocycles. The number of hydrogen-bond donors (Lipinski definition) is 0. The van der Waals surface area contributed by atoms with Crippen LogP contribution in [0, 0.1) is 0 Å². The zero-order valence-corrected chi connectivity index (χ0v) is 30.1. The molecule has 0 spiro atoms. The number of rotatable bonds is 10. The molecule has 3 fully saturated rings. The first kappa shape index (κ1) is 33.1. The molecule has 0 unspecified atom stereocenters. The van der Waals surface area contributed by atoms with Crippen molar-refractivity contribution in [2.45, 2.75) is 0 Å². The molecule has 0 radical (unpaired) electrons.